The van der Waals surface area contributed by atoms with Gasteiger partial charge in [-0.25, -0.2) is 10.8 Å². The highest BCUT2D eigenvalue weighted by atomic mass is 35.5. The minimum absolute atomic E-state index is 0. The minimum Gasteiger partial charge on any atom is -0.289 e. The molecule has 0 bridgehead atoms. The first kappa shape index (κ1) is 9.80. The van der Waals surface area contributed by atoms with Crippen molar-refractivity contribution in [1.29, 1.82) is 0 Å². The molecule has 1 aromatic rings. The molecule has 1 rings (SSSR count). The van der Waals surface area contributed by atoms with Crippen LogP contribution in [0.15, 0.2) is 18.6 Å². The third-order valence-corrected chi connectivity index (χ3v) is 0.927. The van der Waals surface area contributed by atoms with Gasteiger partial charge in [0.1, 0.15) is 5.69 Å². The van der Waals surface area contributed by atoms with Gasteiger partial charge in [-0.3, -0.25) is 15.2 Å². The molecule has 0 aliphatic rings. The molecule has 0 saturated carbocycles. The Labute approximate surface area is 69.4 Å². The molecule has 0 fully saturated rings. The molecule has 1 heterocycles. The van der Waals surface area contributed by atoms with E-state index in [0.29, 0.717) is 0 Å². The topological polar surface area (TPSA) is 80.9 Å². The van der Waals surface area contributed by atoms with E-state index in [1.54, 1.807) is 0 Å². The Hall–Kier alpha value is -1.20. The fourth-order valence-corrected chi connectivity index (χ4v) is 0.490. The van der Waals surface area contributed by atoms with Gasteiger partial charge >= 0.3 is 0 Å². The van der Waals surface area contributed by atoms with Gasteiger partial charge in [0.2, 0.25) is 0 Å². The number of rotatable bonds is 1. The van der Waals surface area contributed by atoms with Crippen molar-refractivity contribution in [3.63, 3.8) is 0 Å². The molecule has 0 unspecified atom stereocenters. The molecule has 0 aliphatic heterocycles. The molecular weight excluding hydrogens is 168 g/mol. The fourth-order valence-electron chi connectivity index (χ4n) is 0.490. The third kappa shape index (κ3) is 2.48. The molecule has 0 atom stereocenters. The van der Waals surface area contributed by atoms with Gasteiger partial charge in [-0.1, -0.05) is 0 Å². The number of aromatic nitrogens is 2. The zero-order valence-corrected chi connectivity index (χ0v) is 6.34. The molecule has 1 aromatic heterocycles. The summed E-state index contributed by atoms with van der Waals surface area (Å²) in [4.78, 5) is 18.0. The minimum atomic E-state index is -0.437. The summed E-state index contributed by atoms with van der Waals surface area (Å²) in [6.45, 7) is 0. The van der Waals surface area contributed by atoms with E-state index in [4.69, 9.17) is 5.84 Å². The summed E-state index contributed by atoms with van der Waals surface area (Å²) in [5.74, 6) is 4.40. The largest absolute Gasteiger partial charge is 0.289 e. The highest BCUT2D eigenvalue weighted by molar-refractivity contribution is 5.91. The molecule has 0 aromatic carbocycles. The van der Waals surface area contributed by atoms with E-state index in [1.807, 2.05) is 5.43 Å². The molecule has 0 aliphatic carbocycles. The summed E-state index contributed by atoms with van der Waals surface area (Å²) in [6.07, 6.45) is 4.24. The summed E-state index contributed by atoms with van der Waals surface area (Å²) < 4.78 is 0. The first-order valence-corrected chi connectivity index (χ1v) is 2.61. The first-order valence-electron chi connectivity index (χ1n) is 2.61. The van der Waals surface area contributed by atoms with E-state index >= 15 is 0 Å². The fraction of sp³-hybridized carbons (Fsp3) is 0. The van der Waals surface area contributed by atoms with Crippen molar-refractivity contribution in [2.24, 2.45) is 5.84 Å². The quantitative estimate of drug-likeness (QED) is 0.342. The molecule has 0 spiro atoms. The second kappa shape index (κ2) is 4.59. The van der Waals surface area contributed by atoms with Gasteiger partial charge in [0.25, 0.3) is 5.91 Å². The number of halogens is 1. The lowest BCUT2D eigenvalue weighted by Crippen LogP contribution is -2.30. The Kier molecular flexibility index (Phi) is 4.09. The third-order valence-electron chi connectivity index (χ3n) is 0.927. The number of hydrogen-bond donors (Lipinski definition) is 2. The van der Waals surface area contributed by atoms with Gasteiger partial charge in [-0.15, -0.1) is 12.4 Å². The molecule has 60 valence electrons. The van der Waals surface area contributed by atoms with Crippen LogP contribution in [0.1, 0.15) is 10.5 Å². The number of carbonyl (C=O) groups is 1. The lowest BCUT2D eigenvalue weighted by molar-refractivity contribution is 0.0948. The predicted molar refractivity (Wildman–Crippen MR) is 40.9 cm³/mol. The van der Waals surface area contributed by atoms with Crippen LogP contribution in [0.4, 0.5) is 0 Å². The van der Waals surface area contributed by atoms with Crippen LogP contribution < -0.4 is 11.3 Å². The van der Waals surface area contributed by atoms with Crippen LogP contribution in [0.2, 0.25) is 0 Å². The number of nitrogens with one attached hydrogen (secondary N) is 1. The highest BCUT2D eigenvalue weighted by Crippen LogP contribution is 1.86. The Morgan fingerprint density at radius 1 is 1.55 bits per heavy atom. The van der Waals surface area contributed by atoms with Crippen LogP contribution >= 0.6 is 12.4 Å². The molecule has 5 nitrogen and oxygen atoms in total. The van der Waals surface area contributed by atoms with Crippen molar-refractivity contribution in [3.8, 4) is 0 Å². The second-order valence-corrected chi connectivity index (χ2v) is 1.56. The van der Waals surface area contributed by atoms with Crippen LogP contribution in [0, 0.1) is 0 Å². The highest BCUT2D eigenvalue weighted by Gasteiger charge is 2.01. The van der Waals surface area contributed by atoms with Gasteiger partial charge in [0.05, 0.1) is 6.20 Å². The summed E-state index contributed by atoms with van der Waals surface area (Å²) >= 11 is 0. The zero-order valence-electron chi connectivity index (χ0n) is 5.52. The van der Waals surface area contributed by atoms with Crippen LogP contribution in [-0.2, 0) is 0 Å². The van der Waals surface area contributed by atoms with Gasteiger partial charge < -0.3 is 0 Å². The Morgan fingerprint density at radius 2 is 2.27 bits per heavy atom. The maximum Gasteiger partial charge on any atom is 0.285 e. The second-order valence-electron chi connectivity index (χ2n) is 1.56. The van der Waals surface area contributed by atoms with Crippen LogP contribution in [0.25, 0.3) is 0 Å². The number of hydrogen-bond acceptors (Lipinski definition) is 4. The smallest absolute Gasteiger partial charge is 0.285 e. The number of nitrogen functional groups attached to an aromatic ring is 1. The maximum absolute atomic E-state index is 10.7. The van der Waals surface area contributed by atoms with Crippen molar-refractivity contribution >= 4 is 18.3 Å². The lowest BCUT2D eigenvalue weighted by atomic mass is 10.4. The van der Waals surface area contributed by atoms with Crippen molar-refractivity contribution in [1.82, 2.24) is 15.4 Å². The zero-order chi connectivity index (χ0) is 7.40. The van der Waals surface area contributed by atoms with E-state index in [9.17, 15) is 4.79 Å². The SMILES string of the molecule is Cl.NNC(=O)c1cnccn1. The molecule has 1 amide bonds. The van der Waals surface area contributed by atoms with Crippen molar-refractivity contribution in [2.75, 3.05) is 0 Å². The van der Waals surface area contributed by atoms with E-state index in [-0.39, 0.29) is 18.1 Å². The monoisotopic (exact) mass is 174 g/mol. The van der Waals surface area contributed by atoms with Crippen LogP contribution in [-0.4, -0.2) is 15.9 Å². The summed E-state index contributed by atoms with van der Waals surface area (Å²) in [5, 5.41) is 0. The molecule has 0 radical (unpaired) electrons. The Morgan fingerprint density at radius 3 is 2.73 bits per heavy atom. The summed E-state index contributed by atoms with van der Waals surface area (Å²) in [7, 11) is 0. The molecule has 0 saturated heterocycles. The standard InChI is InChI=1S/C5H6N4O.ClH/c6-9-5(10)4-3-7-1-2-8-4;/h1-3H,6H2,(H,9,10);1H. The van der Waals surface area contributed by atoms with E-state index in [1.165, 1.54) is 18.6 Å². The number of carbonyl (C=O) groups excluding carboxylic acids is 1. The molecular formula is C5H7ClN4O. The van der Waals surface area contributed by atoms with Crippen molar-refractivity contribution in [3.05, 3.63) is 24.3 Å². The molecule has 6 heteroatoms. The van der Waals surface area contributed by atoms with E-state index in [0.717, 1.165) is 0 Å². The summed E-state index contributed by atoms with van der Waals surface area (Å²) in [6, 6.07) is 0. The Bertz CT molecular complexity index is 227. The average molecular weight is 175 g/mol. The van der Waals surface area contributed by atoms with Crippen molar-refractivity contribution in [2.45, 2.75) is 0 Å². The number of nitrogens with zero attached hydrogens (tertiary/aromatic N) is 2. The first-order chi connectivity index (χ1) is 4.84. The predicted octanol–water partition coefficient (Wildman–Crippen LogP) is -0.498. The van der Waals surface area contributed by atoms with Gasteiger partial charge in [0.15, 0.2) is 0 Å². The number of amides is 1. The van der Waals surface area contributed by atoms with E-state index < -0.39 is 5.91 Å². The molecule has 11 heavy (non-hydrogen) atoms. The van der Waals surface area contributed by atoms with Gasteiger partial charge in [-0.2, -0.15) is 0 Å². The van der Waals surface area contributed by atoms with Crippen LogP contribution in [0.3, 0.4) is 0 Å². The average Bonchev–Trinajstić information content (AvgIpc) is 2.05. The molecule has 3 N–H and O–H groups in total. The summed E-state index contributed by atoms with van der Waals surface area (Å²) in [5.41, 5.74) is 2.15. The lowest BCUT2D eigenvalue weighted by Gasteiger charge is -1.94. The van der Waals surface area contributed by atoms with Gasteiger partial charge in [-0.05, 0) is 0 Å². The van der Waals surface area contributed by atoms with Crippen LogP contribution in [0.5, 0.6) is 0 Å². The number of nitrogens with two attached hydrogens (primary N) is 1. The maximum atomic E-state index is 10.7. The Balaban J connectivity index is 0.000001000. The number of hydrazine groups is 1. The van der Waals surface area contributed by atoms with E-state index in [2.05, 4.69) is 9.97 Å². The van der Waals surface area contributed by atoms with Crippen molar-refractivity contribution < 1.29 is 4.79 Å². The normalized spacial score (nSPS) is 8.09. The van der Waals surface area contributed by atoms with Gasteiger partial charge in [0, 0.05) is 12.4 Å².